The van der Waals surface area contributed by atoms with Crippen LogP contribution in [0.25, 0.3) is 0 Å². The first-order valence-electron chi connectivity index (χ1n) is 13.1. The van der Waals surface area contributed by atoms with Crippen molar-refractivity contribution in [1.82, 2.24) is 5.32 Å². The number of Topliss-reactive ketones (excluding diaryl/α,β-unsaturated/α-hetero) is 2. The molecule has 0 aromatic carbocycles. The molecule has 4 saturated carbocycles. The third-order valence-corrected chi connectivity index (χ3v) is 9.51. The molecule has 5 N–H and O–H groups in total. The molecule has 0 saturated heterocycles. The van der Waals surface area contributed by atoms with E-state index in [1.807, 2.05) is 0 Å². The Hall–Kier alpha value is -2.55. The maximum Gasteiger partial charge on any atom is 0.328 e. The lowest BCUT2D eigenvalue weighted by Crippen LogP contribution is -2.58. The normalized spacial score (nSPS) is 37.2. The molecule has 0 bridgehead atoms. The summed E-state index contributed by atoms with van der Waals surface area (Å²) < 4.78 is 0. The number of rotatable bonds is 6. The molecular weight excluding hydrogens is 464 g/mol. The molecule has 1 amide bonds. The van der Waals surface area contributed by atoms with E-state index in [9.17, 15) is 24.0 Å². The predicted molar refractivity (Wildman–Crippen MR) is 132 cm³/mol. The van der Waals surface area contributed by atoms with E-state index < -0.39 is 11.9 Å². The molecule has 4 aliphatic rings. The average Bonchev–Trinajstić information content (AvgIpc) is 3.12. The van der Waals surface area contributed by atoms with Gasteiger partial charge in [0.15, 0.2) is 0 Å². The minimum absolute atomic E-state index is 0.0332. The fourth-order valence-corrected chi connectivity index (χ4v) is 7.65. The van der Waals surface area contributed by atoms with Crippen molar-refractivity contribution in [3.63, 3.8) is 0 Å². The Morgan fingerprint density at radius 2 is 1.69 bits per heavy atom. The van der Waals surface area contributed by atoms with Crippen molar-refractivity contribution >= 4 is 29.4 Å². The van der Waals surface area contributed by atoms with E-state index in [1.54, 1.807) is 0 Å². The highest BCUT2D eigenvalue weighted by Crippen LogP contribution is 2.64. The van der Waals surface area contributed by atoms with Crippen LogP contribution < -0.4 is 11.1 Å². The smallest absolute Gasteiger partial charge is 0.328 e. The Bertz CT molecular complexity index is 915. The van der Waals surface area contributed by atoms with Crippen LogP contribution in [0.15, 0.2) is 12.2 Å². The van der Waals surface area contributed by atoms with Gasteiger partial charge in [0.05, 0.1) is 0 Å². The largest absolute Gasteiger partial charge is 0.478 e. The zero-order valence-electron chi connectivity index (χ0n) is 21.3. The number of carboxylic acids is 2. The molecule has 0 radical (unpaired) electrons. The Kier molecular flexibility index (Phi) is 8.75. The molecule has 36 heavy (non-hydrogen) atoms. The van der Waals surface area contributed by atoms with Crippen LogP contribution in [0.5, 0.6) is 0 Å². The summed E-state index contributed by atoms with van der Waals surface area (Å²) in [5.41, 5.74) is 5.36. The van der Waals surface area contributed by atoms with Gasteiger partial charge in [-0.3, -0.25) is 14.4 Å². The molecule has 0 spiro atoms. The lowest BCUT2D eigenvalue weighted by atomic mass is 9.45. The van der Waals surface area contributed by atoms with Gasteiger partial charge in [0.1, 0.15) is 11.6 Å². The van der Waals surface area contributed by atoms with Crippen molar-refractivity contribution in [2.75, 3.05) is 6.54 Å². The van der Waals surface area contributed by atoms with Crippen LogP contribution in [0.2, 0.25) is 0 Å². The monoisotopic (exact) mass is 504 g/mol. The zero-order chi connectivity index (χ0) is 26.7. The van der Waals surface area contributed by atoms with Crippen LogP contribution in [0.4, 0.5) is 0 Å². The summed E-state index contributed by atoms with van der Waals surface area (Å²) in [4.78, 5) is 57.0. The quantitative estimate of drug-likeness (QED) is 0.401. The number of carbonyl (C=O) groups is 5. The Labute approximate surface area is 212 Å². The number of aliphatic carboxylic acids is 2. The number of nitrogens with one attached hydrogen (secondary N) is 1. The first-order chi connectivity index (χ1) is 16.9. The maximum atomic E-state index is 13.3. The van der Waals surface area contributed by atoms with Gasteiger partial charge in [0.25, 0.3) is 0 Å². The van der Waals surface area contributed by atoms with Crippen molar-refractivity contribution < 1.29 is 34.2 Å². The summed E-state index contributed by atoms with van der Waals surface area (Å²) in [6, 6.07) is 0.116. The predicted octanol–water partition coefficient (Wildman–Crippen LogP) is 2.71. The third-order valence-electron chi connectivity index (χ3n) is 9.51. The molecule has 9 heteroatoms. The molecule has 4 aliphatic carbocycles. The first-order valence-corrected chi connectivity index (χ1v) is 13.1. The number of nitrogens with two attached hydrogens (primary N) is 1. The van der Waals surface area contributed by atoms with Crippen LogP contribution in [-0.2, 0) is 24.0 Å². The lowest BCUT2D eigenvalue weighted by molar-refractivity contribution is -0.157. The van der Waals surface area contributed by atoms with Gasteiger partial charge < -0.3 is 21.3 Å². The van der Waals surface area contributed by atoms with E-state index in [0.717, 1.165) is 38.5 Å². The van der Waals surface area contributed by atoms with Crippen molar-refractivity contribution in [2.45, 2.75) is 84.1 Å². The summed E-state index contributed by atoms with van der Waals surface area (Å²) in [7, 11) is 0. The second-order valence-corrected chi connectivity index (χ2v) is 11.5. The number of carboxylic acid groups (broad SMARTS) is 2. The van der Waals surface area contributed by atoms with Crippen molar-refractivity contribution in [1.29, 1.82) is 0 Å². The highest BCUT2D eigenvalue weighted by atomic mass is 16.4. The van der Waals surface area contributed by atoms with Crippen LogP contribution >= 0.6 is 0 Å². The topological polar surface area (TPSA) is 164 Å². The number of amides is 1. The van der Waals surface area contributed by atoms with E-state index in [2.05, 4.69) is 19.2 Å². The molecule has 0 aromatic heterocycles. The number of hydrogen-bond donors (Lipinski definition) is 4. The van der Waals surface area contributed by atoms with Crippen molar-refractivity contribution in [3.8, 4) is 0 Å². The number of fused-ring (bicyclic) bond motifs is 5. The second-order valence-electron chi connectivity index (χ2n) is 11.5. The van der Waals surface area contributed by atoms with Gasteiger partial charge in [-0.25, -0.2) is 9.59 Å². The summed E-state index contributed by atoms with van der Waals surface area (Å²) >= 11 is 0. The molecular formula is C27H40N2O7. The molecule has 200 valence electrons. The highest BCUT2D eigenvalue weighted by molar-refractivity contribution is 5.90. The Morgan fingerprint density at radius 1 is 1.03 bits per heavy atom. The second kappa shape index (κ2) is 11.2. The molecule has 1 unspecified atom stereocenters. The first kappa shape index (κ1) is 28.0. The Balaban J connectivity index is 0.000000392. The maximum absolute atomic E-state index is 13.3. The van der Waals surface area contributed by atoms with E-state index in [1.165, 1.54) is 0 Å². The number of carbonyl (C=O) groups excluding carboxylic acids is 3. The summed E-state index contributed by atoms with van der Waals surface area (Å²) in [5, 5.41) is 18.8. The van der Waals surface area contributed by atoms with E-state index in [-0.39, 0.29) is 28.7 Å². The Morgan fingerprint density at radius 3 is 2.31 bits per heavy atom. The highest BCUT2D eigenvalue weighted by Gasteiger charge is 2.62. The zero-order valence-corrected chi connectivity index (χ0v) is 21.3. The average molecular weight is 505 g/mol. The lowest BCUT2D eigenvalue weighted by Gasteiger charge is -2.59. The van der Waals surface area contributed by atoms with Crippen LogP contribution in [-0.4, -0.2) is 52.2 Å². The molecule has 4 rings (SSSR count). The van der Waals surface area contributed by atoms with Crippen molar-refractivity contribution in [2.24, 2.45) is 40.2 Å². The van der Waals surface area contributed by atoms with Gasteiger partial charge in [-0.2, -0.15) is 0 Å². The van der Waals surface area contributed by atoms with Crippen LogP contribution in [0, 0.1) is 34.5 Å². The number of hydrogen-bond acceptors (Lipinski definition) is 6. The van der Waals surface area contributed by atoms with Gasteiger partial charge in [-0.1, -0.05) is 13.8 Å². The van der Waals surface area contributed by atoms with Gasteiger partial charge in [-0.05, 0) is 74.7 Å². The minimum Gasteiger partial charge on any atom is -0.478 e. The fourth-order valence-electron chi connectivity index (χ4n) is 7.65. The SMILES string of the molecule is C[C@]12CC[C@H](NC(=O)CCCN)CC1C(=O)C[C@@H]1[C@@H]2CC[C@]2(C)C(=O)CC[C@@H]12.O=C(O)/C=C/C(=O)O. The molecule has 9 nitrogen and oxygen atoms in total. The molecule has 0 heterocycles. The fraction of sp³-hybridized carbons (Fsp3) is 0.741. The van der Waals surface area contributed by atoms with Gasteiger partial charge in [0.2, 0.25) is 5.91 Å². The van der Waals surface area contributed by atoms with E-state index in [4.69, 9.17) is 15.9 Å². The standard InChI is InChI=1S/C23H36N2O3.C4H4O4/c1-22-9-7-14(25-21(28)4-3-11-24)12-18(22)19(26)13-15-16-5-6-20(27)23(16,2)10-8-17(15)22;5-3(6)1-2-4(7)8/h14-18H,3-13,24H2,1-2H3,(H,25,28);1-2H,(H,5,6)(H,7,8)/b;2-1+/t14-,15-,16-,17-,18?,22+,23-;/m0./s1. The van der Waals surface area contributed by atoms with Gasteiger partial charge in [0, 0.05) is 48.8 Å². The van der Waals surface area contributed by atoms with Gasteiger partial charge >= 0.3 is 11.9 Å². The van der Waals surface area contributed by atoms with Crippen molar-refractivity contribution in [3.05, 3.63) is 12.2 Å². The summed E-state index contributed by atoms with van der Waals surface area (Å²) in [6.45, 7) is 5.02. The molecule has 0 aliphatic heterocycles. The molecule has 4 fully saturated rings. The number of ketones is 2. The third kappa shape index (κ3) is 5.71. The van der Waals surface area contributed by atoms with E-state index in [0.29, 0.717) is 73.7 Å². The summed E-state index contributed by atoms with van der Waals surface area (Å²) in [5.74, 6) is -0.244. The molecule has 7 atom stereocenters. The summed E-state index contributed by atoms with van der Waals surface area (Å²) in [6.07, 6.45) is 9.45. The van der Waals surface area contributed by atoms with E-state index >= 15 is 0 Å². The van der Waals surface area contributed by atoms with Crippen LogP contribution in [0.3, 0.4) is 0 Å². The molecule has 0 aromatic rings. The van der Waals surface area contributed by atoms with Crippen LogP contribution in [0.1, 0.15) is 78.1 Å². The van der Waals surface area contributed by atoms with Gasteiger partial charge in [-0.15, -0.1) is 0 Å². The minimum atomic E-state index is -1.26.